The highest BCUT2D eigenvalue weighted by atomic mass is 16.1. The zero-order valence-electron chi connectivity index (χ0n) is 16.1. The second kappa shape index (κ2) is 8.53. The average molecular weight is 374 g/mol. The third-order valence-electron chi connectivity index (χ3n) is 5.22. The van der Waals surface area contributed by atoms with Crippen LogP contribution < -0.4 is 0 Å². The first-order valence-corrected chi connectivity index (χ1v) is 9.76. The molecule has 0 unspecified atom stereocenters. The van der Waals surface area contributed by atoms with Gasteiger partial charge in [-0.3, -0.25) is 4.79 Å². The lowest BCUT2D eigenvalue weighted by molar-refractivity contribution is -0.117. The maximum Gasteiger partial charge on any atom is 0.175 e. The standard InChI is InChI=1S/C28H22O/c29-27(22-21-23-13-5-1-6-14-23)28(24-15-7-2-8-16-24,25-17-9-3-10-18-25)26-19-11-4-12-20-26/h1-22H/b22-21+. The summed E-state index contributed by atoms with van der Waals surface area (Å²) in [7, 11) is 0. The molecule has 0 aliphatic carbocycles. The summed E-state index contributed by atoms with van der Waals surface area (Å²) in [5.41, 5.74) is 2.97. The minimum Gasteiger partial charge on any atom is -0.293 e. The molecule has 4 aromatic rings. The summed E-state index contributed by atoms with van der Waals surface area (Å²) in [6.45, 7) is 0. The first-order chi connectivity index (χ1) is 14.3. The van der Waals surface area contributed by atoms with Crippen LogP contribution in [0.4, 0.5) is 0 Å². The van der Waals surface area contributed by atoms with Crippen LogP contribution >= 0.6 is 0 Å². The fourth-order valence-electron chi connectivity index (χ4n) is 3.85. The van der Waals surface area contributed by atoms with E-state index in [0.29, 0.717) is 0 Å². The van der Waals surface area contributed by atoms with E-state index >= 15 is 0 Å². The number of hydrogen-bond donors (Lipinski definition) is 0. The molecule has 1 heteroatoms. The van der Waals surface area contributed by atoms with Crippen molar-refractivity contribution in [2.24, 2.45) is 0 Å². The lowest BCUT2D eigenvalue weighted by Crippen LogP contribution is -2.37. The van der Waals surface area contributed by atoms with Crippen LogP contribution in [0.15, 0.2) is 127 Å². The van der Waals surface area contributed by atoms with Gasteiger partial charge >= 0.3 is 0 Å². The number of benzene rings is 4. The Hall–Kier alpha value is -3.71. The maximum atomic E-state index is 14.0. The van der Waals surface area contributed by atoms with Gasteiger partial charge in [-0.25, -0.2) is 0 Å². The maximum absolute atomic E-state index is 14.0. The Morgan fingerprint density at radius 3 is 1.24 bits per heavy atom. The van der Waals surface area contributed by atoms with E-state index in [1.54, 1.807) is 6.08 Å². The fourth-order valence-corrected chi connectivity index (χ4v) is 3.85. The highest BCUT2D eigenvalue weighted by Crippen LogP contribution is 2.40. The summed E-state index contributed by atoms with van der Waals surface area (Å²) in [4.78, 5) is 14.0. The molecule has 0 aliphatic heterocycles. The van der Waals surface area contributed by atoms with Crippen LogP contribution in [0.2, 0.25) is 0 Å². The fraction of sp³-hybridized carbons (Fsp3) is 0.0357. The van der Waals surface area contributed by atoms with Crippen molar-refractivity contribution in [2.75, 3.05) is 0 Å². The highest BCUT2D eigenvalue weighted by Gasteiger charge is 2.42. The van der Waals surface area contributed by atoms with Crippen LogP contribution in [-0.4, -0.2) is 5.78 Å². The van der Waals surface area contributed by atoms with Gasteiger partial charge in [0.1, 0.15) is 5.41 Å². The highest BCUT2D eigenvalue weighted by molar-refractivity contribution is 6.07. The monoisotopic (exact) mass is 374 g/mol. The van der Waals surface area contributed by atoms with E-state index in [-0.39, 0.29) is 5.78 Å². The normalized spacial score (nSPS) is 11.4. The summed E-state index contributed by atoms with van der Waals surface area (Å²) in [5.74, 6) is 0.0324. The van der Waals surface area contributed by atoms with E-state index in [1.165, 1.54) is 0 Å². The smallest absolute Gasteiger partial charge is 0.175 e. The van der Waals surface area contributed by atoms with E-state index < -0.39 is 5.41 Å². The zero-order valence-corrected chi connectivity index (χ0v) is 16.1. The summed E-state index contributed by atoms with van der Waals surface area (Å²) in [6.07, 6.45) is 3.61. The molecule has 4 aromatic carbocycles. The molecule has 0 N–H and O–H groups in total. The van der Waals surface area contributed by atoms with E-state index in [0.717, 1.165) is 22.3 Å². The number of ketones is 1. The number of hydrogen-bond acceptors (Lipinski definition) is 1. The number of carbonyl (C=O) groups is 1. The molecule has 0 saturated heterocycles. The molecule has 1 nitrogen and oxygen atoms in total. The Labute approximate surface area is 172 Å². The molecule has 0 aliphatic rings. The minimum absolute atomic E-state index is 0.0324. The van der Waals surface area contributed by atoms with Gasteiger partial charge in [0.15, 0.2) is 5.78 Å². The molecule has 0 radical (unpaired) electrons. The van der Waals surface area contributed by atoms with E-state index in [2.05, 4.69) is 0 Å². The molecule has 0 aromatic heterocycles. The van der Waals surface area contributed by atoms with Crippen LogP contribution in [0.25, 0.3) is 6.08 Å². The van der Waals surface area contributed by atoms with E-state index in [9.17, 15) is 4.79 Å². The summed E-state index contributed by atoms with van der Waals surface area (Å²) < 4.78 is 0. The number of carbonyl (C=O) groups excluding carboxylic acids is 1. The molecule has 4 rings (SSSR count). The van der Waals surface area contributed by atoms with Gasteiger partial charge in [0.25, 0.3) is 0 Å². The third-order valence-corrected chi connectivity index (χ3v) is 5.22. The molecule has 0 atom stereocenters. The topological polar surface area (TPSA) is 17.1 Å². The van der Waals surface area contributed by atoms with Crippen LogP contribution in [-0.2, 0) is 10.2 Å². The van der Waals surface area contributed by atoms with Gasteiger partial charge < -0.3 is 0 Å². The molecule has 0 bridgehead atoms. The van der Waals surface area contributed by atoms with Crippen molar-refractivity contribution in [3.63, 3.8) is 0 Å². The summed E-state index contributed by atoms with van der Waals surface area (Å²) in [5, 5.41) is 0. The molecule has 29 heavy (non-hydrogen) atoms. The Balaban J connectivity index is 1.95. The van der Waals surface area contributed by atoms with Crippen molar-refractivity contribution >= 4 is 11.9 Å². The van der Waals surface area contributed by atoms with Crippen LogP contribution in [0, 0.1) is 0 Å². The van der Waals surface area contributed by atoms with Crippen LogP contribution in [0.5, 0.6) is 0 Å². The zero-order chi connectivity index (χ0) is 19.9. The van der Waals surface area contributed by atoms with Crippen molar-refractivity contribution in [1.82, 2.24) is 0 Å². The molecule has 0 fully saturated rings. The Bertz CT molecular complexity index is 985. The SMILES string of the molecule is O=C(/C=C/c1ccccc1)C(c1ccccc1)(c1ccccc1)c1ccccc1. The van der Waals surface area contributed by atoms with Crippen molar-refractivity contribution in [1.29, 1.82) is 0 Å². The minimum atomic E-state index is -0.908. The molecule has 0 heterocycles. The quantitative estimate of drug-likeness (QED) is 0.286. The van der Waals surface area contributed by atoms with Gasteiger partial charge in [0, 0.05) is 0 Å². The van der Waals surface area contributed by atoms with Crippen molar-refractivity contribution in [3.05, 3.63) is 150 Å². The third kappa shape index (κ3) is 3.68. The second-order valence-electron chi connectivity index (χ2n) is 6.96. The Morgan fingerprint density at radius 2 is 0.862 bits per heavy atom. The Kier molecular flexibility index (Phi) is 5.49. The van der Waals surface area contributed by atoms with Crippen molar-refractivity contribution in [3.8, 4) is 0 Å². The van der Waals surface area contributed by atoms with Crippen LogP contribution in [0.3, 0.4) is 0 Å². The largest absolute Gasteiger partial charge is 0.293 e. The molecule has 0 amide bonds. The average Bonchev–Trinajstić information content (AvgIpc) is 2.81. The summed E-state index contributed by atoms with van der Waals surface area (Å²) in [6, 6.07) is 40.0. The van der Waals surface area contributed by atoms with Gasteiger partial charge in [-0.05, 0) is 28.3 Å². The van der Waals surface area contributed by atoms with Gasteiger partial charge in [-0.1, -0.05) is 127 Å². The predicted molar refractivity (Wildman–Crippen MR) is 120 cm³/mol. The second-order valence-corrected chi connectivity index (χ2v) is 6.96. The van der Waals surface area contributed by atoms with Gasteiger partial charge in [0.2, 0.25) is 0 Å². The summed E-state index contributed by atoms with van der Waals surface area (Å²) >= 11 is 0. The molecule has 0 saturated carbocycles. The van der Waals surface area contributed by atoms with Crippen molar-refractivity contribution < 1.29 is 4.79 Å². The lowest BCUT2D eigenvalue weighted by Gasteiger charge is -2.33. The van der Waals surface area contributed by atoms with Gasteiger partial charge in [0.05, 0.1) is 0 Å². The first kappa shape index (κ1) is 18.6. The number of allylic oxidation sites excluding steroid dienone is 1. The number of rotatable bonds is 6. The van der Waals surface area contributed by atoms with E-state index in [1.807, 2.05) is 127 Å². The van der Waals surface area contributed by atoms with Crippen LogP contribution in [0.1, 0.15) is 22.3 Å². The molecular weight excluding hydrogens is 352 g/mol. The van der Waals surface area contributed by atoms with E-state index in [4.69, 9.17) is 0 Å². The van der Waals surface area contributed by atoms with Gasteiger partial charge in [-0.15, -0.1) is 0 Å². The first-order valence-electron chi connectivity index (χ1n) is 9.76. The predicted octanol–water partition coefficient (Wildman–Crippen LogP) is 6.30. The lowest BCUT2D eigenvalue weighted by atomic mass is 9.66. The molecule has 140 valence electrons. The Morgan fingerprint density at radius 1 is 0.517 bits per heavy atom. The van der Waals surface area contributed by atoms with Crippen molar-refractivity contribution in [2.45, 2.75) is 5.41 Å². The molecular formula is C28H22O. The van der Waals surface area contributed by atoms with Gasteiger partial charge in [-0.2, -0.15) is 0 Å². The molecule has 0 spiro atoms.